The lowest BCUT2D eigenvalue weighted by Crippen LogP contribution is -2.57. The Morgan fingerprint density at radius 2 is 2.00 bits per heavy atom. The lowest BCUT2D eigenvalue weighted by molar-refractivity contribution is -0.155. The van der Waals surface area contributed by atoms with Crippen molar-refractivity contribution in [1.29, 1.82) is 0 Å². The third kappa shape index (κ3) is 4.08. The van der Waals surface area contributed by atoms with Crippen molar-refractivity contribution < 1.29 is 24.2 Å². The third-order valence-electron chi connectivity index (χ3n) is 8.48. The molecule has 2 amide bonds. The SMILES string of the molecule is C=CCN(C(=O)C1N(CCCCO)C(=O)[C@@H]2[C@H](C(=O)OCC)[C@]3(C)CCC12S3)C1CCCCC1. The molecule has 0 radical (unpaired) electrons. The van der Waals surface area contributed by atoms with Gasteiger partial charge < -0.3 is 19.6 Å². The third-order valence-corrected chi connectivity index (χ3v) is 10.5. The summed E-state index contributed by atoms with van der Waals surface area (Å²) in [6.45, 7) is 9.00. The number of ether oxygens (including phenoxy) is 1. The summed E-state index contributed by atoms with van der Waals surface area (Å²) < 4.78 is 4.45. The first-order chi connectivity index (χ1) is 16.3. The van der Waals surface area contributed by atoms with Crippen LogP contribution in [-0.4, -0.2) is 80.6 Å². The zero-order valence-electron chi connectivity index (χ0n) is 20.7. The maximum absolute atomic E-state index is 14.4. The van der Waals surface area contributed by atoms with Gasteiger partial charge in [-0.1, -0.05) is 25.3 Å². The topological polar surface area (TPSA) is 87.2 Å². The van der Waals surface area contributed by atoms with E-state index in [1.54, 1.807) is 29.7 Å². The molecule has 4 fully saturated rings. The maximum atomic E-state index is 14.4. The number of aliphatic hydroxyl groups excluding tert-OH is 1. The van der Waals surface area contributed by atoms with E-state index < -0.39 is 27.4 Å². The molecule has 7 nitrogen and oxygen atoms in total. The first kappa shape index (κ1) is 25.5. The van der Waals surface area contributed by atoms with E-state index in [1.165, 1.54) is 6.42 Å². The Balaban J connectivity index is 1.72. The van der Waals surface area contributed by atoms with Crippen LogP contribution in [0.2, 0.25) is 0 Å². The predicted molar refractivity (Wildman–Crippen MR) is 132 cm³/mol. The molecule has 3 saturated heterocycles. The number of thioether (sulfide) groups is 1. The van der Waals surface area contributed by atoms with E-state index in [1.807, 2.05) is 4.90 Å². The van der Waals surface area contributed by atoms with Gasteiger partial charge in [0, 0.05) is 30.5 Å². The van der Waals surface area contributed by atoms with Crippen LogP contribution in [-0.2, 0) is 19.1 Å². The van der Waals surface area contributed by atoms with Gasteiger partial charge in [0.25, 0.3) is 0 Å². The van der Waals surface area contributed by atoms with Crippen molar-refractivity contribution in [3.63, 3.8) is 0 Å². The summed E-state index contributed by atoms with van der Waals surface area (Å²) in [4.78, 5) is 45.1. The van der Waals surface area contributed by atoms with Crippen LogP contribution in [0.3, 0.4) is 0 Å². The van der Waals surface area contributed by atoms with Crippen molar-refractivity contribution in [2.45, 2.75) is 93.2 Å². The van der Waals surface area contributed by atoms with E-state index in [9.17, 15) is 19.5 Å². The van der Waals surface area contributed by atoms with Crippen LogP contribution in [0.1, 0.15) is 71.6 Å². The highest BCUT2D eigenvalue weighted by Gasteiger charge is 2.77. The van der Waals surface area contributed by atoms with E-state index in [-0.39, 0.29) is 37.0 Å². The van der Waals surface area contributed by atoms with Crippen LogP contribution in [0.15, 0.2) is 12.7 Å². The highest BCUT2D eigenvalue weighted by atomic mass is 32.2. The maximum Gasteiger partial charge on any atom is 0.311 e. The normalized spacial score (nSPS) is 34.9. The van der Waals surface area contributed by atoms with Crippen molar-refractivity contribution in [3.05, 3.63) is 12.7 Å². The van der Waals surface area contributed by atoms with E-state index >= 15 is 0 Å². The van der Waals surface area contributed by atoms with Gasteiger partial charge in [-0.3, -0.25) is 14.4 Å². The van der Waals surface area contributed by atoms with E-state index in [0.29, 0.717) is 25.9 Å². The second-order valence-corrected chi connectivity index (χ2v) is 12.4. The monoisotopic (exact) mass is 492 g/mol. The molecule has 34 heavy (non-hydrogen) atoms. The Morgan fingerprint density at radius 1 is 1.26 bits per heavy atom. The van der Waals surface area contributed by atoms with Gasteiger partial charge in [0.1, 0.15) is 6.04 Å². The lowest BCUT2D eigenvalue weighted by Gasteiger charge is -2.41. The summed E-state index contributed by atoms with van der Waals surface area (Å²) in [5.41, 5.74) is 0. The fourth-order valence-electron chi connectivity index (χ4n) is 7.04. The summed E-state index contributed by atoms with van der Waals surface area (Å²) >= 11 is 1.69. The highest BCUT2D eigenvalue weighted by molar-refractivity contribution is 8.02. The van der Waals surface area contributed by atoms with Crippen molar-refractivity contribution in [1.82, 2.24) is 9.80 Å². The minimum atomic E-state index is -0.604. The van der Waals surface area contributed by atoms with Gasteiger partial charge in [-0.2, -0.15) is 0 Å². The minimum absolute atomic E-state index is 0.00732. The van der Waals surface area contributed by atoms with Crippen molar-refractivity contribution >= 4 is 29.5 Å². The van der Waals surface area contributed by atoms with E-state index in [0.717, 1.165) is 38.5 Å². The molecule has 1 saturated carbocycles. The smallest absolute Gasteiger partial charge is 0.311 e. The minimum Gasteiger partial charge on any atom is -0.466 e. The van der Waals surface area contributed by atoms with Gasteiger partial charge in [-0.15, -0.1) is 18.3 Å². The molecule has 5 atom stereocenters. The summed E-state index contributed by atoms with van der Waals surface area (Å²) in [6.07, 6.45) is 9.93. The summed E-state index contributed by atoms with van der Waals surface area (Å²) in [5.74, 6) is -1.45. The van der Waals surface area contributed by atoms with Gasteiger partial charge in [-0.25, -0.2) is 0 Å². The van der Waals surface area contributed by atoms with Gasteiger partial charge in [0.15, 0.2) is 0 Å². The van der Waals surface area contributed by atoms with Crippen LogP contribution in [0.25, 0.3) is 0 Å². The number of amides is 2. The van der Waals surface area contributed by atoms with E-state index in [2.05, 4.69) is 13.5 Å². The molecule has 3 heterocycles. The van der Waals surface area contributed by atoms with Crippen LogP contribution >= 0.6 is 11.8 Å². The zero-order valence-corrected chi connectivity index (χ0v) is 21.5. The largest absolute Gasteiger partial charge is 0.466 e. The second-order valence-electron chi connectivity index (χ2n) is 10.5. The molecule has 0 aromatic rings. The Bertz CT molecular complexity index is 815. The molecule has 8 heteroatoms. The fourth-order valence-corrected chi connectivity index (χ4v) is 9.38. The first-order valence-corrected chi connectivity index (χ1v) is 13.9. The van der Waals surface area contributed by atoms with Crippen LogP contribution in [0, 0.1) is 11.8 Å². The number of rotatable bonds is 10. The Labute approximate surface area is 207 Å². The highest BCUT2D eigenvalue weighted by Crippen LogP contribution is 2.71. The average molecular weight is 493 g/mol. The zero-order chi connectivity index (χ0) is 24.5. The number of esters is 1. The van der Waals surface area contributed by atoms with Gasteiger partial charge in [-0.05, 0) is 52.4 Å². The molecule has 2 unspecified atom stereocenters. The summed E-state index contributed by atoms with van der Waals surface area (Å²) in [6, 6.07) is -0.416. The molecule has 1 aliphatic carbocycles. The number of carbonyl (C=O) groups is 3. The molecule has 2 bridgehead atoms. The number of hydrogen-bond acceptors (Lipinski definition) is 6. The predicted octanol–water partition coefficient (Wildman–Crippen LogP) is 3.15. The fraction of sp³-hybridized carbons (Fsp3) is 0.808. The summed E-state index contributed by atoms with van der Waals surface area (Å²) in [7, 11) is 0. The van der Waals surface area contributed by atoms with Crippen LogP contribution in [0.5, 0.6) is 0 Å². The average Bonchev–Trinajstić information content (AvgIpc) is 3.39. The molecule has 190 valence electrons. The molecule has 4 rings (SSSR count). The number of aliphatic hydroxyl groups is 1. The number of unbranched alkanes of at least 4 members (excludes halogenated alkanes) is 1. The van der Waals surface area contributed by atoms with Crippen LogP contribution in [0.4, 0.5) is 0 Å². The van der Waals surface area contributed by atoms with Gasteiger partial charge in [0.2, 0.25) is 11.8 Å². The molecule has 0 aromatic heterocycles. The molecule has 1 spiro atoms. The molecule has 0 aromatic carbocycles. The number of hydrogen-bond donors (Lipinski definition) is 1. The number of fused-ring (bicyclic) bond motifs is 1. The molecule has 1 N–H and O–H groups in total. The van der Waals surface area contributed by atoms with Crippen LogP contribution < -0.4 is 0 Å². The number of likely N-dealkylation sites (tertiary alicyclic amines) is 1. The molecular weight excluding hydrogens is 452 g/mol. The van der Waals surface area contributed by atoms with Crippen molar-refractivity contribution in [2.24, 2.45) is 11.8 Å². The van der Waals surface area contributed by atoms with Gasteiger partial charge >= 0.3 is 5.97 Å². The number of nitrogens with zero attached hydrogens (tertiary/aromatic N) is 2. The number of carbonyl (C=O) groups excluding carboxylic acids is 3. The molecule has 3 aliphatic heterocycles. The van der Waals surface area contributed by atoms with Crippen molar-refractivity contribution in [2.75, 3.05) is 26.3 Å². The standard InChI is InChI=1S/C26H40N2O5S/c1-4-15-27(18-11-7-6-8-12-18)23(31)21-26-14-13-25(3,34-26)20(24(32)33-5-2)19(26)22(30)28(21)16-9-10-17-29/h4,18-21,29H,1,5-17H2,2-3H3/t19-,20+,21?,25-,26?/m0/s1. The van der Waals surface area contributed by atoms with Gasteiger partial charge in [0.05, 0.1) is 23.2 Å². The second kappa shape index (κ2) is 10.2. The lowest BCUT2D eigenvalue weighted by atomic mass is 9.66. The Morgan fingerprint density at radius 3 is 2.65 bits per heavy atom. The summed E-state index contributed by atoms with van der Waals surface area (Å²) in [5, 5.41) is 9.33. The molecule has 4 aliphatic rings. The quantitative estimate of drug-likeness (QED) is 0.286. The van der Waals surface area contributed by atoms with E-state index in [4.69, 9.17) is 4.74 Å². The first-order valence-electron chi connectivity index (χ1n) is 13.0. The molecular formula is C26H40N2O5S. The Kier molecular flexibility index (Phi) is 7.67. The van der Waals surface area contributed by atoms with Crippen molar-refractivity contribution in [3.8, 4) is 0 Å². The Hall–Kier alpha value is -1.54.